The number of aliphatic hydroxyl groups is 1. The highest BCUT2D eigenvalue weighted by Crippen LogP contribution is 2.36. The first-order chi connectivity index (χ1) is 13.6. The fraction of sp³-hybridized carbons (Fsp3) is 0.238. The number of halogens is 1. The van der Waals surface area contributed by atoms with Crippen molar-refractivity contribution in [1.82, 2.24) is 15.1 Å². The molecule has 0 radical (unpaired) electrons. The number of aromatic nitrogens is 2. The smallest absolute Gasteiger partial charge is 0.258 e. The van der Waals surface area contributed by atoms with Gasteiger partial charge < -0.3 is 14.7 Å². The third-order valence-electron chi connectivity index (χ3n) is 5.07. The second-order valence-electron chi connectivity index (χ2n) is 6.79. The molecule has 2 aromatic carbocycles. The highest BCUT2D eigenvalue weighted by Gasteiger charge is 2.37. The number of nitrogens with one attached hydrogen (secondary N) is 1. The molecule has 1 aliphatic heterocycles. The lowest BCUT2D eigenvalue weighted by Crippen LogP contribution is -2.32. The first-order valence-corrected chi connectivity index (χ1v) is 8.99. The average molecular weight is 381 g/mol. The van der Waals surface area contributed by atoms with Crippen molar-refractivity contribution in [2.75, 3.05) is 13.7 Å². The van der Waals surface area contributed by atoms with Gasteiger partial charge in [0.1, 0.15) is 11.6 Å². The number of rotatable bonds is 4. The molecule has 2 atom stereocenters. The lowest BCUT2D eigenvalue weighted by molar-refractivity contribution is 0.0710. The lowest BCUT2D eigenvalue weighted by atomic mass is 10.0. The normalized spacial score (nSPS) is 19.0. The van der Waals surface area contributed by atoms with Crippen molar-refractivity contribution < 1.29 is 19.0 Å². The number of hydrogen-bond acceptors (Lipinski definition) is 4. The van der Waals surface area contributed by atoms with Crippen LogP contribution in [0.3, 0.4) is 0 Å². The molecule has 6 nitrogen and oxygen atoms in total. The average Bonchev–Trinajstić information content (AvgIpc) is 3.37. The van der Waals surface area contributed by atoms with Gasteiger partial charge in [-0.1, -0.05) is 24.3 Å². The van der Waals surface area contributed by atoms with Crippen molar-refractivity contribution in [2.24, 2.45) is 0 Å². The minimum atomic E-state index is -0.704. The summed E-state index contributed by atoms with van der Waals surface area (Å²) in [5, 5.41) is 16.8. The van der Waals surface area contributed by atoms with Gasteiger partial charge >= 0.3 is 0 Å². The molecule has 3 aromatic rings. The second-order valence-corrected chi connectivity index (χ2v) is 6.79. The van der Waals surface area contributed by atoms with Gasteiger partial charge in [0.2, 0.25) is 0 Å². The third-order valence-corrected chi connectivity index (χ3v) is 5.07. The monoisotopic (exact) mass is 381 g/mol. The molecule has 1 amide bonds. The zero-order valence-electron chi connectivity index (χ0n) is 15.3. The molecule has 7 heteroatoms. The number of amides is 1. The number of carbonyl (C=O) groups excluding carboxylic acids is 1. The Labute approximate surface area is 161 Å². The summed E-state index contributed by atoms with van der Waals surface area (Å²) in [5.74, 6) is -0.278. The number of carbonyl (C=O) groups is 1. The number of likely N-dealkylation sites (tertiary alicyclic amines) is 1. The van der Waals surface area contributed by atoms with Crippen LogP contribution in [0.5, 0.6) is 5.75 Å². The summed E-state index contributed by atoms with van der Waals surface area (Å²) in [5.41, 5.74) is 2.50. The molecule has 1 aliphatic rings. The number of hydrogen-bond donors (Lipinski definition) is 2. The number of ether oxygens (including phenoxy) is 1. The first-order valence-electron chi connectivity index (χ1n) is 8.99. The molecule has 2 heterocycles. The van der Waals surface area contributed by atoms with E-state index in [2.05, 4.69) is 10.2 Å². The third kappa shape index (κ3) is 3.25. The van der Waals surface area contributed by atoms with Gasteiger partial charge in [-0.3, -0.25) is 9.89 Å². The number of H-pyrrole nitrogens is 1. The van der Waals surface area contributed by atoms with Gasteiger partial charge in [0.25, 0.3) is 5.91 Å². The van der Waals surface area contributed by atoms with Crippen molar-refractivity contribution in [1.29, 1.82) is 0 Å². The molecule has 1 saturated heterocycles. The number of β-amino-alcohol motifs (C(OH)–C–C–N with tert-alkyl or cyclic N) is 1. The lowest BCUT2D eigenvalue weighted by Gasteiger charge is -2.26. The minimum absolute atomic E-state index is 0.143. The van der Waals surface area contributed by atoms with Crippen LogP contribution in [0.1, 0.15) is 28.4 Å². The largest absolute Gasteiger partial charge is 0.496 e. The maximum Gasteiger partial charge on any atom is 0.258 e. The van der Waals surface area contributed by atoms with Crippen LogP contribution in [-0.2, 0) is 0 Å². The number of aromatic amines is 1. The molecule has 1 aromatic heterocycles. The molecular formula is C21H20FN3O3. The van der Waals surface area contributed by atoms with Crippen LogP contribution in [0.25, 0.3) is 11.1 Å². The van der Waals surface area contributed by atoms with E-state index >= 15 is 0 Å². The van der Waals surface area contributed by atoms with E-state index in [1.54, 1.807) is 42.7 Å². The summed E-state index contributed by atoms with van der Waals surface area (Å²) >= 11 is 0. The van der Waals surface area contributed by atoms with Crippen LogP contribution >= 0.6 is 0 Å². The maximum atomic E-state index is 14.3. The fourth-order valence-corrected chi connectivity index (χ4v) is 3.69. The van der Waals surface area contributed by atoms with Crippen molar-refractivity contribution >= 4 is 5.91 Å². The Morgan fingerprint density at radius 1 is 1.29 bits per heavy atom. The summed E-state index contributed by atoms with van der Waals surface area (Å²) in [4.78, 5) is 14.8. The zero-order valence-corrected chi connectivity index (χ0v) is 15.3. The predicted octanol–water partition coefficient (Wildman–Crippen LogP) is 3.17. The van der Waals surface area contributed by atoms with Crippen LogP contribution in [0, 0.1) is 5.82 Å². The Kier molecular flexibility index (Phi) is 4.83. The van der Waals surface area contributed by atoms with E-state index in [0.717, 1.165) is 11.1 Å². The summed E-state index contributed by atoms with van der Waals surface area (Å²) < 4.78 is 19.8. The van der Waals surface area contributed by atoms with Gasteiger partial charge in [-0.15, -0.1) is 0 Å². The van der Waals surface area contributed by atoms with Crippen LogP contribution in [0.2, 0.25) is 0 Å². The van der Waals surface area contributed by atoms with E-state index in [1.165, 1.54) is 18.1 Å². The molecule has 0 saturated carbocycles. The molecule has 4 rings (SSSR count). The van der Waals surface area contributed by atoms with Crippen molar-refractivity contribution in [3.63, 3.8) is 0 Å². The molecule has 28 heavy (non-hydrogen) atoms. The Morgan fingerprint density at radius 2 is 2.11 bits per heavy atom. The van der Waals surface area contributed by atoms with E-state index in [9.17, 15) is 14.3 Å². The number of aliphatic hydroxyl groups excluding tert-OH is 1. The second kappa shape index (κ2) is 7.44. The molecule has 0 unspecified atom stereocenters. The summed E-state index contributed by atoms with van der Waals surface area (Å²) in [6.07, 6.45) is 3.02. The van der Waals surface area contributed by atoms with Crippen LogP contribution in [-0.4, -0.2) is 45.9 Å². The highest BCUT2D eigenvalue weighted by molar-refractivity contribution is 5.98. The molecule has 0 bridgehead atoms. The Hall–Kier alpha value is -3.19. The standard InChI is InChI=1S/C21H20FN3O3/c1-28-20-8-13(14-10-23-24-11-14)6-7-17(20)21(27)25-12-15(26)9-19(25)16-4-2-3-5-18(16)22/h2-8,10-11,15,19,26H,9,12H2,1H3,(H,23,24)/t15-,19-/m1/s1. The summed E-state index contributed by atoms with van der Waals surface area (Å²) in [6, 6.07) is 11.1. The van der Waals surface area contributed by atoms with Crippen molar-refractivity contribution in [3.05, 3.63) is 71.8 Å². The predicted molar refractivity (Wildman–Crippen MR) is 101 cm³/mol. The van der Waals surface area contributed by atoms with Gasteiger partial charge in [-0.2, -0.15) is 5.10 Å². The molecule has 0 spiro atoms. The molecule has 144 valence electrons. The number of nitrogens with zero attached hydrogens (tertiary/aromatic N) is 2. The van der Waals surface area contributed by atoms with Crippen molar-refractivity contribution in [3.8, 4) is 16.9 Å². The maximum absolute atomic E-state index is 14.3. The summed E-state index contributed by atoms with van der Waals surface area (Å²) in [7, 11) is 1.50. The van der Waals surface area contributed by atoms with Gasteiger partial charge in [-0.05, 0) is 30.2 Å². The van der Waals surface area contributed by atoms with E-state index in [4.69, 9.17) is 4.74 Å². The van der Waals surface area contributed by atoms with Gasteiger partial charge in [-0.25, -0.2) is 4.39 Å². The SMILES string of the molecule is COc1cc(-c2cn[nH]c2)ccc1C(=O)N1C[C@H](O)C[C@@H]1c1ccccc1F. The quantitative estimate of drug-likeness (QED) is 0.728. The van der Waals surface area contributed by atoms with Gasteiger partial charge in [0, 0.05) is 23.9 Å². The Morgan fingerprint density at radius 3 is 2.82 bits per heavy atom. The zero-order chi connectivity index (χ0) is 19.7. The van der Waals surface area contributed by atoms with Crippen LogP contribution < -0.4 is 4.74 Å². The Balaban J connectivity index is 1.69. The number of benzene rings is 2. The number of methoxy groups -OCH3 is 1. The van der Waals surface area contributed by atoms with Crippen LogP contribution in [0.4, 0.5) is 4.39 Å². The molecule has 2 N–H and O–H groups in total. The van der Waals surface area contributed by atoms with Gasteiger partial charge in [0.05, 0.1) is 31.0 Å². The highest BCUT2D eigenvalue weighted by atomic mass is 19.1. The van der Waals surface area contributed by atoms with Gasteiger partial charge in [0.15, 0.2) is 0 Å². The Bertz CT molecular complexity index is 990. The summed E-state index contributed by atoms with van der Waals surface area (Å²) in [6.45, 7) is 0.143. The molecular weight excluding hydrogens is 361 g/mol. The fourth-order valence-electron chi connectivity index (χ4n) is 3.69. The van der Waals surface area contributed by atoms with E-state index in [-0.39, 0.29) is 18.3 Å². The minimum Gasteiger partial charge on any atom is -0.496 e. The van der Waals surface area contributed by atoms with E-state index in [0.29, 0.717) is 23.3 Å². The molecule has 0 aliphatic carbocycles. The molecule has 1 fully saturated rings. The topological polar surface area (TPSA) is 78.5 Å². The van der Waals surface area contributed by atoms with E-state index < -0.39 is 12.1 Å². The van der Waals surface area contributed by atoms with E-state index in [1.807, 2.05) is 6.07 Å². The first kappa shape index (κ1) is 18.2. The van der Waals surface area contributed by atoms with Crippen molar-refractivity contribution in [2.45, 2.75) is 18.6 Å². The van der Waals surface area contributed by atoms with Crippen LogP contribution in [0.15, 0.2) is 54.9 Å².